The van der Waals surface area contributed by atoms with E-state index in [2.05, 4.69) is 15.4 Å². The van der Waals surface area contributed by atoms with Crippen LogP contribution in [0, 0.1) is 5.82 Å². The van der Waals surface area contributed by atoms with Gasteiger partial charge in [-0.3, -0.25) is 14.3 Å². The number of nitrogens with two attached hydrogens (primary N) is 1. The fourth-order valence-electron chi connectivity index (χ4n) is 4.94. The minimum atomic E-state index is -5.43. The lowest BCUT2D eigenvalue weighted by Gasteiger charge is -2.31. The maximum atomic E-state index is 14.7. The number of primary amides is 1. The molecule has 0 spiro atoms. The van der Waals surface area contributed by atoms with Gasteiger partial charge >= 0.3 is 6.18 Å². The topological polar surface area (TPSA) is 142 Å². The van der Waals surface area contributed by atoms with Gasteiger partial charge in [-0.1, -0.05) is 23.2 Å². The van der Waals surface area contributed by atoms with Gasteiger partial charge in [-0.05, 0) is 50.1 Å². The van der Waals surface area contributed by atoms with Crippen molar-refractivity contribution in [3.63, 3.8) is 0 Å². The molecule has 1 aliphatic rings. The SMILES string of the molecule is CCOc1c(CC(N)=O)cc([C@@](O)(CNC(=O)c2cc(OC)c3nn(C4CC4)cc3c2)C(F)(F)F)nc1-c1c(Cl)cc(F)cc1Cl. The molecule has 0 aliphatic heterocycles. The van der Waals surface area contributed by atoms with E-state index in [0.717, 1.165) is 31.0 Å². The first-order chi connectivity index (χ1) is 21.7. The number of benzene rings is 2. The Morgan fingerprint density at radius 1 is 1.15 bits per heavy atom. The highest BCUT2D eigenvalue weighted by molar-refractivity contribution is 6.39. The van der Waals surface area contributed by atoms with Crippen LogP contribution in [0.1, 0.15) is 47.4 Å². The quantitative estimate of drug-likeness (QED) is 0.177. The fourth-order valence-corrected chi connectivity index (χ4v) is 5.58. The van der Waals surface area contributed by atoms with Crippen LogP contribution in [0.4, 0.5) is 17.6 Å². The number of carbonyl (C=O) groups excluding carboxylic acids is 2. The van der Waals surface area contributed by atoms with E-state index >= 15 is 0 Å². The molecule has 0 saturated heterocycles. The zero-order valence-electron chi connectivity index (χ0n) is 24.3. The van der Waals surface area contributed by atoms with Crippen LogP contribution in [0.2, 0.25) is 10.0 Å². The number of amides is 2. The molecule has 2 aromatic heterocycles. The van der Waals surface area contributed by atoms with Crippen LogP contribution < -0.4 is 20.5 Å². The largest absolute Gasteiger partial charge is 0.494 e. The molecule has 5 rings (SSSR count). The summed E-state index contributed by atoms with van der Waals surface area (Å²) in [6.45, 7) is 0.117. The van der Waals surface area contributed by atoms with Gasteiger partial charge in [-0.15, -0.1) is 0 Å². The molecular weight excluding hydrogens is 657 g/mol. The summed E-state index contributed by atoms with van der Waals surface area (Å²) in [5, 5.41) is 17.8. The average Bonchev–Trinajstić information content (AvgIpc) is 3.73. The molecule has 46 heavy (non-hydrogen) atoms. The summed E-state index contributed by atoms with van der Waals surface area (Å²) in [5.74, 6) is -2.72. The van der Waals surface area contributed by atoms with E-state index in [9.17, 15) is 32.3 Å². The number of alkyl halides is 3. The van der Waals surface area contributed by atoms with E-state index < -0.39 is 53.8 Å². The number of nitrogens with one attached hydrogen (secondary N) is 1. The third kappa shape index (κ3) is 6.42. The predicted octanol–water partition coefficient (Wildman–Crippen LogP) is 5.49. The molecule has 1 fully saturated rings. The van der Waals surface area contributed by atoms with Gasteiger partial charge in [0.1, 0.15) is 28.5 Å². The molecule has 0 unspecified atom stereocenters. The van der Waals surface area contributed by atoms with Gasteiger partial charge in [-0.2, -0.15) is 18.3 Å². The highest BCUT2D eigenvalue weighted by Gasteiger charge is 2.57. The number of methoxy groups -OCH3 is 1. The number of nitrogens with zero attached hydrogens (tertiary/aromatic N) is 3. The van der Waals surface area contributed by atoms with Crippen molar-refractivity contribution in [2.75, 3.05) is 20.3 Å². The number of fused-ring (bicyclic) bond motifs is 1. The number of pyridine rings is 1. The molecule has 0 radical (unpaired) electrons. The molecule has 2 amide bonds. The highest BCUT2D eigenvalue weighted by Crippen LogP contribution is 2.45. The first kappa shape index (κ1) is 33.2. The molecule has 4 N–H and O–H groups in total. The van der Waals surface area contributed by atoms with E-state index in [4.69, 9.17) is 38.4 Å². The highest BCUT2D eigenvalue weighted by atomic mass is 35.5. The maximum absolute atomic E-state index is 14.7. The number of carbonyl (C=O) groups is 2. The van der Waals surface area contributed by atoms with Crippen molar-refractivity contribution in [3.8, 4) is 22.8 Å². The van der Waals surface area contributed by atoms with Crippen LogP contribution in [0.25, 0.3) is 22.2 Å². The Morgan fingerprint density at radius 3 is 2.39 bits per heavy atom. The van der Waals surface area contributed by atoms with Crippen molar-refractivity contribution in [2.24, 2.45) is 5.73 Å². The van der Waals surface area contributed by atoms with Crippen LogP contribution in [-0.2, 0) is 16.8 Å². The van der Waals surface area contributed by atoms with Gasteiger partial charge < -0.3 is 25.6 Å². The van der Waals surface area contributed by atoms with Crippen LogP contribution >= 0.6 is 23.2 Å². The van der Waals surface area contributed by atoms with Gasteiger partial charge in [0, 0.05) is 28.3 Å². The molecule has 1 atom stereocenters. The van der Waals surface area contributed by atoms with E-state index in [1.165, 1.54) is 19.2 Å². The average molecular weight is 684 g/mol. The molecule has 1 saturated carbocycles. The Bertz CT molecular complexity index is 1820. The molecular formula is C30H27Cl2F4N5O5. The molecule has 244 valence electrons. The smallest absolute Gasteiger partial charge is 0.424 e. The zero-order valence-corrected chi connectivity index (χ0v) is 25.9. The molecule has 16 heteroatoms. The van der Waals surface area contributed by atoms with Gasteiger partial charge in [0.2, 0.25) is 11.5 Å². The van der Waals surface area contributed by atoms with E-state index in [0.29, 0.717) is 10.9 Å². The molecule has 4 aromatic rings. The molecule has 10 nitrogen and oxygen atoms in total. The Balaban J connectivity index is 1.59. The Morgan fingerprint density at radius 2 is 1.83 bits per heavy atom. The normalized spacial score (nSPS) is 14.6. The van der Waals surface area contributed by atoms with Crippen molar-refractivity contribution in [1.29, 1.82) is 0 Å². The number of aliphatic hydroxyl groups is 1. The third-order valence-electron chi connectivity index (χ3n) is 7.34. The lowest BCUT2D eigenvalue weighted by Crippen LogP contribution is -2.51. The second-order valence-corrected chi connectivity index (χ2v) is 11.5. The van der Waals surface area contributed by atoms with Crippen LogP contribution in [0.15, 0.2) is 36.5 Å². The van der Waals surface area contributed by atoms with Crippen molar-refractivity contribution in [1.82, 2.24) is 20.1 Å². The van der Waals surface area contributed by atoms with E-state index in [1.807, 2.05) is 0 Å². The standard InChI is InChI=1S/C30H27Cl2F4N5O5/c1-3-46-27-14(9-23(37)42)8-22(39-26(27)24-19(31)10-17(33)11-20(24)32)29(44,30(34,35)36)13-38-28(43)15-6-16-12-41(18-4-5-18)40-25(16)21(7-15)45-2/h6-8,10-12,18,44H,3-5,9,13H2,1-2H3,(H2,37,42)(H,38,43)/t29-/m0/s1. The lowest BCUT2D eigenvalue weighted by molar-refractivity contribution is -0.265. The van der Waals surface area contributed by atoms with E-state index in [-0.39, 0.29) is 50.9 Å². The molecule has 1 aliphatic carbocycles. The van der Waals surface area contributed by atoms with Crippen LogP contribution in [-0.4, -0.2) is 58.1 Å². The number of ether oxygens (including phenoxy) is 2. The molecule has 0 bridgehead atoms. The summed E-state index contributed by atoms with van der Waals surface area (Å²) in [6.07, 6.45) is -2.45. The van der Waals surface area contributed by atoms with Gasteiger partial charge in [0.05, 0.1) is 48.5 Å². The lowest BCUT2D eigenvalue weighted by atomic mass is 9.93. The number of halogens is 6. The summed E-state index contributed by atoms with van der Waals surface area (Å²) in [5.41, 5.74) is 0.115. The van der Waals surface area contributed by atoms with Crippen LogP contribution in [0.5, 0.6) is 11.5 Å². The zero-order chi connectivity index (χ0) is 33.6. The number of aromatic nitrogens is 3. The minimum absolute atomic E-state index is 0.0385. The maximum Gasteiger partial charge on any atom is 0.424 e. The summed E-state index contributed by atoms with van der Waals surface area (Å²) in [6, 6.07) is 5.51. The van der Waals surface area contributed by atoms with Gasteiger partial charge in [0.25, 0.3) is 5.91 Å². The first-order valence-electron chi connectivity index (χ1n) is 13.9. The van der Waals surface area contributed by atoms with Gasteiger partial charge in [0.15, 0.2) is 0 Å². The fraction of sp³-hybridized carbons (Fsp3) is 0.333. The second-order valence-electron chi connectivity index (χ2n) is 10.7. The van der Waals surface area contributed by atoms with Crippen molar-refractivity contribution in [2.45, 2.75) is 44.0 Å². The molecule has 2 aromatic carbocycles. The predicted molar refractivity (Wildman–Crippen MR) is 161 cm³/mol. The Kier molecular flexibility index (Phi) is 9.08. The Hall–Kier alpha value is -4.14. The van der Waals surface area contributed by atoms with Gasteiger partial charge in [-0.25, -0.2) is 9.37 Å². The Labute approximate surface area is 269 Å². The molecule has 2 heterocycles. The second kappa shape index (κ2) is 12.6. The number of hydrogen-bond donors (Lipinski definition) is 3. The van der Waals surface area contributed by atoms with Crippen molar-refractivity contribution >= 4 is 45.9 Å². The summed E-state index contributed by atoms with van der Waals surface area (Å²) in [4.78, 5) is 29.2. The van der Waals surface area contributed by atoms with E-state index in [1.54, 1.807) is 17.8 Å². The van der Waals surface area contributed by atoms with Crippen LogP contribution in [0.3, 0.4) is 0 Å². The monoisotopic (exact) mass is 683 g/mol. The van der Waals surface area contributed by atoms with Crippen molar-refractivity contribution < 1.29 is 41.7 Å². The number of rotatable bonds is 11. The minimum Gasteiger partial charge on any atom is -0.494 e. The number of hydrogen-bond acceptors (Lipinski definition) is 7. The summed E-state index contributed by atoms with van der Waals surface area (Å²) < 4.78 is 71.0. The summed E-state index contributed by atoms with van der Waals surface area (Å²) >= 11 is 12.5. The first-order valence-corrected chi connectivity index (χ1v) is 14.7. The summed E-state index contributed by atoms with van der Waals surface area (Å²) in [7, 11) is 1.37. The third-order valence-corrected chi connectivity index (χ3v) is 7.93. The van der Waals surface area contributed by atoms with Crippen molar-refractivity contribution in [3.05, 3.63) is 69.2 Å².